The van der Waals surface area contributed by atoms with Gasteiger partial charge in [0.2, 0.25) is 5.95 Å². The Morgan fingerprint density at radius 1 is 1.29 bits per heavy atom. The van der Waals surface area contributed by atoms with Crippen LogP contribution in [0.25, 0.3) is 0 Å². The van der Waals surface area contributed by atoms with Crippen LogP contribution >= 0.6 is 0 Å². The van der Waals surface area contributed by atoms with Gasteiger partial charge in [-0.15, -0.1) is 0 Å². The molecule has 0 aliphatic carbocycles. The molecule has 3 heterocycles. The molecule has 0 unspecified atom stereocenters. The first-order chi connectivity index (χ1) is 10.2. The molecule has 1 N–H and O–H groups in total. The van der Waals surface area contributed by atoms with Crippen molar-refractivity contribution in [3.63, 3.8) is 0 Å². The molecular formula is C15H19N5O. The van der Waals surface area contributed by atoms with Crippen molar-refractivity contribution in [3.8, 4) is 0 Å². The summed E-state index contributed by atoms with van der Waals surface area (Å²) in [5.41, 5.74) is 1.81. The van der Waals surface area contributed by atoms with E-state index >= 15 is 0 Å². The number of aryl methyl sites for hydroxylation is 1. The van der Waals surface area contributed by atoms with Crippen LogP contribution in [0, 0.1) is 6.92 Å². The minimum absolute atomic E-state index is 0.249. The summed E-state index contributed by atoms with van der Waals surface area (Å²) in [4.78, 5) is 15.2. The van der Waals surface area contributed by atoms with Gasteiger partial charge in [-0.2, -0.15) is 0 Å². The van der Waals surface area contributed by atoms with Crippen molar-refractivity contribution < 1.29 is 4.74 Å². The number of morpholine rings is 1. The van der Waals surface area contributed by atoms with Crippen molar-refractivity contribution in [2.45, 2.75) is 20.0 Å². The second-order valence-corrected chi connectivity index (χ2v) is 5.18. The molecule has 1 aliphatic heterocycles. The molecule has 0 bridgehead atoms. The van der Waals surface area contributed by atoms with Crippen LogP contribution in [0.15, 0.2) is 30.6 Å². The van der Waals surface area contributed by atoms with Crippen LogP contribution in [0.5, 0.6) is 0 Å². The third-order valence-electron chi connectivity index (χ3n) is 3.36. The highest BCUT2D eigenvalue weighted by Gasteiger charge is 2.17. The zero-order valence-corrected chi connectivity index (χ0v) is 12.3. The molecule has 1 atom stereocenters. The van der Waals surface area contributed by atoms with E-state index < -0.39 is 0 Å². The molecule has 2 aromatic heterocycles. The Hall–Kier alpha value is -2.21. The van der Waals surface area contributed by atoms with Gasteiger partial charge in [-0.3, -0.25) is 0 Å². The predicted molar refractivity (Wildman–Crippen MR) is 81.9 cm³/mol. The Labute approximate surface area is 124 Å². The Balaban J connectivity index is 1.69. The lowest BCUT2D eigenvalue weighted by Gasteiger charge is -2.32. The number of pyridine rings is 1. The average Bonchev–Trinajstić information content (AvgIpc) is 2.48. The van der Waals surface area contributed by atoms with Crippen molar-refractivity contribution in [1.82, 2.24) is 15.0 Å². The standard InChI is InChI=1S/C15H19N5O/c1-11-5-6-16-15(18-11)19-13-3-4-14(17-9-13)20-7-8-21-12(2)10-20/h3-6,9,12H,7-8,10H2,1-2H3,(H,16,18,19)/t12-/m0/s1. The highest BCUT2D eigenvalue weighted by atomic mass is 16.5. The maximum absolute atomic E-state index is 5.55. The van der Waals surface area contributed by atoms with Crippen molar-refractivity contribution in [3.05, 3.63) is 36.3 Å². The Morgan fingerprint density at radius 3 is 2.90 bits per heavy atom. The van der Waals surface area contributed by atoms with Crippen molar-refractivity contribution >= 4 is 17.5 Å². The minimum Gasteiger partial charge on any atom is -0.375 e. The van der Waals surface area contributed by atoms with E-state index in [1.807, 2.05) is 25.1 Å². The molecule has 0 amide bonds. The maximum atomic E-state index is 5.55. The number of rotatable bonds is 3. The summed E-state index contributed by atoms with van der Waals surface area (Å²) in [5.74, 6) is 1.56. The van der Waals surface area contributed by atoms with E-state index in [1.54, 1.807) is 12.4 Å². The summed E-state index contributed by atoms with van der Waals surface area (Å²) in [6.07, 6.45) is 3.79. The molecule has 6 heteroatoms. The number of nitrogens with zero attached hydrogens (tertiary/aromatic N) is 4. The topological polar surface area (TPSA) is 63.2 Å². The lowest BCUT2D eigenvalue weighted by atomic mass is 10.3. The minimum atomic E-state index is 0.249. The molecule has 110 valence electrons. The fourth-order valence-electron chi connectivity index (χ4n) is 2.31. The molecular weight excluding hydrogens is 266 g/mol. The van der Waals surface area contributed by atoms with Crippen LogP contribution in [0.3, 0.4) is 0 Å². The lowest BCUT2D eigenvalue weighted by Crippen LogP contribution is -2.41. The molecule has 0 spiro atoms. The number of anilines is 3. The van der Waals surface area contributed by atoms with Crippen molar-refractivity contribution in [2.24, 2.45) is 0 Å². The first kappa shape index (κ1) is 13.8. The SMILES string of the molecule is Cc1ccnc(Nc2ccc(N3CCO[C@@H](C)C3)nc2)n1. The fourth-order valence-corrected chi connectivity index (χ4v) is 2.31. The highest BCUT2D eigenvalue weighted by Crippen LogP contribution is 2.18. The number of hydrogen-bond donors (Lipinski definition) is 1. The van der Waals surface area contributed by atoms with Crippen LogP contribution in [0.4, 0.5) is 17.5 Å². The van der Waals surface area contributed by atoms with Crippen LogP contribution in [0.2, 0.25) is 0 Å². The van der Waals surface area contributed by atoms with Gasteiger partial charge in [0.15, 0.2) is 0 Å². The summed E-state index contributed by atoms with van der Waals surface area (Å²) >= 11 is 0. The molecule has 0 saturated carbocycles. The summed E-state index contributed by atoms with van der Waals surface area (Å²) in [7, 11) is 0. The van der Waals surface area contributed by atoms with Gasteiger partial charge in [0.05, 0.1) is 24.6 Å². The molecule has 1 aliphatic rings. The summed E-state index contributed by atoms with van der Waals surface area (Å²) in [5, 5.41) is 3.16. The van der Waals surface area contributed by atoms with Crippen molar-refractivity contribution in [1.29, 1.82) is 0 Å². The van der Waals surface area contributed by atoms with E-state index in [0.717, 1.165) is 36.9 Å². The summed E-state index contributed by atoms with van der Waals surface area (Å²) < 4.78 is 5.55. The van der Waals surface area contributed by atoms with Crippen LogP contribution in [0.1, 0.15) is 12.6 Å². The highest BCUT2D eigenvalue weighted by molar-refractivity contribution is 5.55. The van der Waals surface area contributed by atoms with Gasteiger partial charge in [0, 0.05) is 25.0 Å². The van der Waals surface area contributed by atoms with Gasteiger partial charge in [-0.05, 0) is 32.0 Å². The number of aromatic nitrogens is 3. The van der Waals surface area contributed by atoms with Gasteiger partial charge in [0.25, 0.3) is 0 Å². The quantitative estimate of drug-likeness (QED) is 0.932. The molecule has 1 saturated heterocycles. The van der Waals surface area contributed by atoms with Gasteiger partial charge in [0.1, 0.15) is 5.82 Å². The summed E-state index contributed by atoms with van der Waals surface area (Å²) in [6, 6.07) is 5.87. The second kappa shape index (κ2) is 6.05. The van der Waals surface area contributed by atoms with Crippen molar-refractivity contribution in [2.75, 3.05) is 29.9 Å². The van der Waals surface area contributed by atoms with Crippen LogP contribution < -0.4 is 10.2 Å². The van der Waals surface area contributed by atoms with E-state index in [4.69, 9.17) is 4.74 Å². The Morgan fingerprint density at radius 2 is 2.19 bits per heavy atom. The first-order valence-corrected chi connectivity index (χ1v) is 7.10. The molecule has 3 rings (SSSR count). The van der Waals surface area contributed by atoms with Gasteiger partial charge in [-0.1, -0.05) is 0 Å². The first-order valence-electron chi connectivity index (χ1n) is 7.10. The monoisotopic (exact) mass is 285 g/mol. The third kappa shape index (κ3) is 3.46. The zero-order chi connectivity index (χ0) is 14.7. The van der Waals surface area contributed by atoms with E-state index in [2.05, 4.69) is 32.1 Å². The Kier molecular flexibility index (Phi) is 3.96. The molecule has 2 aromatic rings. The zero-order valence-electron chi connectivity index (χ0n) is 12.3. The van der Waals surface area contributed by atoms with Gasteiger partial charge < -0.3 is 15.0 Å². The summed E-state index contributed by atoms with van der Waals surface area (Å²) in [6.45, 7) is 6.52. The lowest BCUT2D eigenvalue weighted by molar-refractivity contribution is 0.0529. The number of ether oxygens (including phenoxy) is 1. The van der Waals surface area contributed by atoms with E-state index in [9.17, 15) is 0 Å². The van der Waals surface area contributed by atoms with E-state index in [0.29, 0.717) is 5.95 Å². The normalized spacial score (nSPS) is 18.6. The molecule has 6 nitrogen and oxygen atoms in total. The Bertz CT molecular complexity index is 601. The molecule has 0 radical (unpaired) electrons. The predicted octanol–water partition coefficient (Wildman–Crippen LogP) is 2.15. The third-order valence-corrected chi connectivity index (χ3v) is 3.36. The van der Waals surface area contributed by atoms with Crippen LogP contribution in [-0.2, 0) is 4.74 Å². The van der Waals surface area contributed by atoms with Crippen LogP contribution in [-0.4, -0.2) is 40.8 Å². The largest absolute Gasteiger partial charge is 0.375 e. The fraction of sp³-hybridized carbons (Fsp3) is 0.400. The maximum Gasteiger partial charge on any atom is 0.227 e. The number of hydrogen-bond acceptors (Lipinski definition) is 6. The van der Waals surface area contributed by atoms with E-state index in [-0.39, 0.29) is 6.10 Å². The molecule has 21 heavy (non-hydrogen) atoms. The van der Waals surface area contributed by atoms with Gasteiger partial charge >= 0.3 is 0 Å². The average molecular weight is 285 g/mol. The number of nitrogens with one attached hydrogen (secondary N) is 1. The molecule has 0 aromatic carbocycles. The second-order valence-electron chi connectivity index (χ2n) is 5.18. The molecule has 1 fully saturated rings. The van der Waals surface area contributed by atoms with E-state index in [1.165, 1.54) is 0 Å². The van der Waals surface area contributed by atoms with Gasteiger partial charge in [-0.25, -0.2) is 15.0 Å². The smallest absolute Gasteiger partial charge is 0.227 e.